The summed E-state index contributed by atoms with van der Waals surface area (Å²) in [7, 11) is 0. The smallest absolute Gasteiger partial charge is 0.230 e. The number of aromatic nitrogens is 2. The minimum atomic E-state index is 0.00540. The molecule has 0 radical (unpaired) electrons. The lowest BCUT2D eigenvalue weighted by molar-refractivity contribution is -0.115. The van der Waals surface area contributed by atoms with Crippen LogP contribution < -0.4 is 5.32 Å². The van der Waals surface area contributed by atoms with Crippen molar-refractivity contribution in [3.05, 3.63) is 42.2 Å². The highest BCUT2D eigenvalue weighted by Crippen LogP contribution is 2.24. The summed E-state index contributed by atoms with van der Waals surface area (Å²) in [6, 6.07) is 7.65. The van der Waals surface area contributed by atoms with Crippen LogP contribution in [0.1, 0.15) is 5.56 Å². The third kappa shape index (κ3) is 1.44. The van der Waals surface area contributed by atoms with Crippen LogP contribution in [0.4, 0.5) is 5.82 Å². The first-order valence-electron chi connectivity index (χ1n) is 5.03. The van der Waals surface area contributed by atoms with Gasteiger partial charge in [-0.3, -0.25) is 9.78 Å². The van der Waals surface area contributed by atoms with Crippen molar-refractivity contribution >= 4 is 11.7 Å². The monoisotopic (exact) mass is 211 g/mol. The Morgan fingerprint density at radius 1 is 1.25 bits per heavy atom. The fraction of sp³-hybridized carbons (Fsp3) is 0.0833. The Morgan fingerprint density at radius 2 is 2.19 bits per heavy atom. The predicted octanol–water partition coefficient (Wildman–Crippen LogP) is 1.64. The van der Waals surface area contributed by atoms with Gasteiger partial charge in [0.25, 0.3) is 0 Å². The summed E-state index contributed by atoms with van der Waals surface area (Å²) in [6.45, 7) is 0. The standard InChI is InChI=1S/C12H9N3O/c16-11-6-8-3-4-10(14-12(8)15-11)9-2-1-5-13-7-9/h1-5,7H,6H2,(H,14,15,16). The molecule has 16 heavy (non-hydrogen) atoms. The fourth-order valence-corrected chi connectivity index (χ4v) is 1.76. The van der Waals surface area contributed by atoms with Crippen LogP contribution in [0.3, 0.4) is 0 Å². The highest BCUT2D eigenvalue weighted by Gasteiger charge is 2.19. The SMILES string of the molecule is O=C1Cc2ccc(-c3cccnc3)nc2N1. The number of fused-ring (bicyclic) bond motifs is 1. The zero-order chi connectivity index (χ0) is 11.0. The van der Waals surface area contributed by atoms with E-state index in [4.69, 9.17) is 0 Å². The second kappa shape index (κ2) is 3.41. The molecule has 4 nitrogen and oxygen atoms in total. The number of amides is 1. The van der Waals surface area contributed by atoms with Gasteiger partial charge in [0.1, 0.15) is 5.82 Å². The van der Waals surface area contributed by atoms with Gasteiger partial charge in [-0.05, 0) is 18.2 Å². The van der Waals surface area contributed by atoms with Crippen LogP contribution in [0.5, 0.6) is 0 Å². The first-order chi connectivity index (χ1) is 7.83. The topological polar surface area (TPSA) is 54.9 Å². The number of pyridine rings is 2. The Labute approximate surface area is 92.4 Å². The Hall–Kier alpha value is -2.23. The molecule has 1 amide bonds. The van der Waals surface area contributed by atoms with Crippen LogP contribution >= 0.6 is 0 Å². The third-order valence-corrected chi connectivity index (χ3v) is 2.54. The molecule has 0 aliphatic carbocycles. The van der Waals surface area contributed by atoms with Crippen LogP contribution in [0.2, 0.25) is 0 Å². The predicted molar refractivity (Wildman–Crippen MR) is 59.8 cm³/mol. The van der Waals surface area contributed by atoms with Crippen molar-refractivity contribution in [3.63, 3.8) is 0 Å². The van der Waals surface area contributed by atoms with Gasteiger partial charge in [-0.15, -0.1) is 0 Å². The van der Waals surface area contributed by atoms with Gasteiger partial charge in [-0.1, -0.05) is 6.07 Å². The highest BCUT2D eigenvalue weighted by atomic mass is 16.1. The summed E-state index contributed by atoms with van der Waals surface area (Å²) in [5, 5.41) is 2.74. The van der Waals surface area contributed by atoms with Crippen LogP contribution in [0, 0.1) is 0 Å². The molecule has 2 aromatic heterocycles. The van der Waals surface area contributed by atoms with Crippen molar-refractivity contribution < 1.29 is 4.79 Å². The second-order valence-electron chi connectivity index (χ2n) is 3.67. The van der Waals surface area contributed by atoms with E-state index in [2.05, 4.69) is 15.3 Å². The summed E-state index contributed by atoms with van der Waals surface area (Å²) in [4.78, 5) is 19.6. The summed E-state index contributed by atoms with van der Waals surface area (Å²) < 4.78 is 0. The molecule has 1 aliphatic rings. The van der Waals surface area contributed by atoms with Gasteiger partial charge in [-0.25, -0.2) is 4.98 Å². The van der Waals surface area contributed by atoms with Gasteiger partial charge < -0.3 is 5.32 Å². The molecule has 78 valence electrons. The number of hydrogen-bond acceptors (Lipinski definition) is 3. The summed E-state index contributed by atoms with van der Waals surface area (Å²) in [5.41, 5.74) is 2.73. The number of rotatable bonds is 1. The van der Waals surface area contributed by atoms with Gasteiger partial charge in [0.15, 0.2) is 0 Å². The van der Waals surface area contributed by atoms with Crippen LogP contribution in [0.15, 0.2) is 36.7 Å². The molecule has 0 aromatic carbocycles. The molecular formula is C12H9N3O. The molecular weight excluding hydrogens is 202 g/mol. The average Bonchev–Trinajstić information content (AvgIpc) is 2.69. The molecule has 3 heterocycles. The van der Waals surface area contributed by atoms with Crippen molar-refractivity contribution in [1.82, 2.24) is 9.97 Å². The maximum Gasteiger partial charge on any atom is 0.230 e. The Bertz CT molecular complexity index is 551. The zero-order valence-corrected chi connectivity index (χ0v) is 8.47. The number of nitrogens with zero attached hydrogens (tertiary/aromatic N) is 2. The molecule has 0 spiro atoms. The van der Waals surface area contributed by atoms with E-state index in [1.807, 2.05) is 24.3 Å². The summed E-state index contributed by atoms with van der Waals surface area (Å²) >= 11 is 0. The van der Waals surface area contributed by atoms with Gasteiger partial charge >= 0.3 is 0 Å². The van der Waals surface area contributed by atoms with E-state index in [1.165, 1.54) is 0 Å². The Kier molecular flexibility index (Phi) is 1.93. The quantitative estimate of drug-likeness (QED) is 0.780. The fourth-order valence-electron chi connectivity index (χ4n) is 1.76. The van der Waals surface area contributed by atoms with Crippen LogP contribution in [0.25, 0.3) is 11.3 Å². The van der Waals surface area contributed by atoms with E-state index in [-0.39, 0.29) is 5.91 Å². The largest absolute Gasteiger partial charge is 0.310 e. The van der Waals surface area contributed by atoms with E-state index in [9.17, 15) is 4.79 Å². The molecule has 0 fully saturated rings. The normalized spacial score (nSPS) is 13.4. The van der Waals surface area contributed by atoms with E-state index in [0.717, 1.165) is 16.8 Å². The molecule has 1 N–H and O–H groups in total. The number of nitrogens with one attached hydrogen (secondary N) is 1. The van der Waals surface area contributed by atoms with Crippen LogP contribution in [-0.2, 0) is 11.2 Å². The van der Waals surface area contributed by atoms with Crippen molar-refractivity contribution in [1.29, 1.82) is 0 Å². The molecule has 3 rings (SSSR count). The van der Waals surface area contributed by atoms with Gasteiger partial charge in [-0.2, -0.15) is 0 Å². The van der Waals surface area contributed by atoms with Crippen molar-refractivity contribution in [2.24, 2.45) is 0 Å². The number of carbonyl (C=O) groups excluding carboxylic acids is 1. The number of hydrogen-bond donors (Lipinski definition) is 1. The Balaban J connectivity index is 2.06. The molecule has 2 aromatic rings. The average molecular weight is 211 g/mol. The maximum atomic E-state index is 11.2. The molecule has 0 saturated carbocycles. The van der Waals surface area contributed by atoms with Crippen molar-refractivity contribution in [2.45, 2.75) is 6.42 Å². The number of carbonyl (C=O) groups is 1. The van der Waals surface area contributed by atoms with E-state index < -0.39 is 0 Å². The lowest BCUT2D eigenvalue weighted by atomic mass is 10.1. The first kappa shape index (κ1) is 9.03. The minimum Gasteiger partial charge on any atom is -0.310 e. The molecule has 0 unspecified atom stereocenters. The second-order valence-corrected chi connectivity index (χ2v) is 3.67. The summed E-state index contributed by atoms with van der Waals surface area (Å²) in [6.07, 6.45) is 3.90. The zero-order valence-electron chi connectivity index (χ0n) is 8.47. The van der Waals surface area contributed by atoms with E-state index in [1.54, 1.807) is 12.4 Å². The summed E-state index contributed by atoms with van der Waals surface area (Å²) in [5.74, 6) is 0.678. The lowest BCUT2D eigenvalue weighted by Gasteiger charge is -2.02. The Morgan fingerprint density at radius 3 is 3.00 bits per heavy atom. The molecule has 0 saturated heterocycles. The maximum absolute atomic E-state index is 11.2. The molecule has 1 aliphatic heterocycles. The van der Waals surface area contributed by atoms with Crippen molar-refractivity contribution in [2.75, 3.05) is 5.32 Å². The van der Waals surface area contributed by atoms with Gasteiger partial charge in [0.2, 0.25) is 5.91 Å². The lowest BCUT2D eigenvalue weighted by Crippen LogP contribution is -2.04. The molecule has 4 heteroatoms. The third-order valence-electron chi connectivity index (χ3n) is 2.54. The first-order valence-corrected chi connectivity index (χ1v) is 5.03. The van der Waals surface area contributed by atoms with Crippen LogP contribution in [-0.4, -0.2) is 15.9 Å². The van der Waals surface area contributed by atoms with Crippen molar-refractivity contribution in [3.8, 4) is 11.3 Å². The highest BCUT2D eigenvalue weighted by molar-refractivity contribution is 5.98. The molecule has 0 atom stereocenters. The van der Waals surface area contributed by atoms with Gasteiger partial charge in [0, 0.05) is 23.5 Å². The molecule has 0 bridgehead atoms. The van der Waals surface area contributed by atoms with E-state index >= 15 is 0 Å². The number of anilines is 1. The van der Waals surface area contributed by atoms with E-state index in [0.29, 0.717) is 12.2 Å². The minimum absolute atomic E-state index is 0.00540. The van der Waals surface area contributed by atoms with Gasteiger partial charge in [0.05, 0.1) is 12.1 Å².